The van der Waals surface area contributed by atoms with Gasteiger partial charge in [-0.1, -0.05) is 44.0 Å². The Kier molecular flexibility index (Phi) is 4.30. The second-order valence-corrected chi connectivity index (χ2v) is 5.67. The van der Waals surface area contributed by atoms with Crippen molar-refractivity contribution in [1.82, 2.24) is 0 Å². The van der Waals surface area contributed by atoms with Gasteiger partial charge in [0.2, 0.25) is 0 Å². The van der Waals surface area contributed by atoms with Gasteiger partial charge in [0, 0.05) is 20.9 Å². The standard InChI is InChI=1S/C14H9Br2FO/c15-11-3-1-9(2-4-11)14(18)8-10-7-12(16)5-6-13(10)17/h1-7H,8H2. The van der Waals surface area contributed by atoms with Crippen LogP contribution in [0.5, 0.6) is 0 Å². The summed E-state index contributed by atoms with van der Waals surface area (Å²) < 4.78 is 15.2. The molecule has 0 unspecified atom stereocenters. The molecule has 0 amide bonds. The molecule has 2 aromatic carbocycles. The summed E-state index contributed by atoms with van der Waals surface area (Å²) in [4.78, 5) is 12.0. The van der Waals surface area contributed by atoms with Gasteiger partial charge in [0.1, 0.15) is 5.82 Å². The smallest absolute Gasteiger partial charge is 0.167 e. The quantitative estimate of drug-likeness (QED) is 0.710. The minimum absolute atomic E-state index is 0.0624. The summed E-state index contributed by atoms with van der Waals surface area (Å²) in [5.41, 5.74) is 0.981. The molecule has 0 aliphatic carbocycles. The fraction of sp³-hybridized carbons (Fsp3) is 0.0714. The second-order valence-electron chi connectivity index (χ2n) is 3.84. The second kappa shape index (κ2) is 5.76. The molecule has 0 saturated heterocycles. The Morgan fingerprint density at radius 3 is 2.28 bits per heavy atom. The average Bonchev–Trinajstić information content (AvgIpc) is 2.34. The third-order valence-electron chi connectivity index (χ3n) is 2.52. The Balaban J connectivity index is 2.21. The number of ketones is 1. The lowest BCUT2D eigenvalue weighted by Crippen LogP contribution is -2.05. The van der Waals surface area contributed by atoms with Crippen LogP contribution in [0.15, 0.2) is 51.4 Å². The molecule has 0 N–H and O–H groups in total. The third kappa shape index (κ3) is 3.27. The molecule has 0 aliphatic rings. The first-order valence-corrected chi connectivity index (χ1v) is 6.87. The highest BCUT2D eigenvalue weighted by Crippen LogP contribution is 2.18. The molecule has 18 heavy (non-hydrogen) atoms. The molecule has 92 valence electrons. The van der Waals surface area contributed by atoms with Gasteiger partial charge in [-0.05, 0) is 35.9 Å². The normalized spacial score (nSPS) is 10.4. The van der Waals surface area contributed by atoms with Crippen LogP contribution in [-0.4, -0.2) is 5.78 Å². The van der Waals surface area contributed by atoms with E-state index in [2.05, 4.69) is 31.9 Å². The number of Topliss-reactive ketones (excluding diaryl/α,β-unsaturated/α-hetero) is 1. The van der Waals surface area contributed by atoms with E-state index < -0.39 is 0 Å². The van der Waals surface area contributed by atoms with Crippen molar-refractivity contribution in [3.8, 4) is 0 Å². The zero-order valence-electron chi connectivity index (χ0n) is 9.29. The maximum Gasteiger partial charge on any atom is 0.167 e. The molecule has 0 saturated carbocycles. The van der Waals surface area contributed by atoms with Crippen LogP contribution < -0.4 is 0 Å². The van der Waals surface area contributed by atoms with E-state index in [1.807, 2.05) is 0 Å². The van der Waals surface area contributed by atoms with E-state index in [-0.39, 0.29) is 18.0 Å². The third-order valence-corrected chi connectivity index (χ3v) is 3.55. The van der Waals surface area contributed by atoms with Gasteiger partial charge in [-0.15, -0.1) is 0 Å². The minimum atomic E-state index is -0.358. The van der Waals surface area contributed by atoms with Crippen molar-refractivity contribution in [1.29, 1.82) is 0 Å². The zero-order chi connectivity index (χ0) is 13.1. The van der Waals surface area contributed by atoms with Crippen molar-refractivity contribution in [2.24, 2.45) is 0 Å². The van der Waals surface area contributed by atoms with Crippen molar-refractivity contribution in [2.45, 2.75) is 6.42 Å². The van der Waals surface area contributed by atoms with Gasteiger partial charge in [0.05, 0.1) is 0 Å². The van der Waals surface area contributed by atoms with Crippen LogP contribution in [0.2, 0.25) is 0 Å². The number of carbonyl (C=O) groups is 1. The lowest BCUT2D eigenvalue weighted by atomic mass is 10.0. The van der Waals surface area contributed by atoms with Gasteiger partial charge in [-0.2, -0.15) is 0 Å². The first kappa shape index (κ1) is 13.4. The highest BCUT2D eigenvalue weighted by molar-refractivity contribution is 9.10. The topological polar surface area (TPSA) is 17.1 Å². The van der Waals surface area contributed by atoms with E-state index in [9.17, 15) is 9.18 Å². The van der Waals surface area contributed by atoms with Crippen LogP contribution >= 0.6 is 31.9 Å². The summed E-state index contributed by atoms with van der Waals surface area (Å²) in [6.45, 7) is 0. The van der Waals surface area contributed by atoms with Crippen LogP contribution in [0.3, 0.4) is 0 Å². The Hall–Kier alpha value is -1.00. The number of rotatable bonds is 3. The molecule has 0 bridgehead atoms. The zero-order valence-corrected chi connectivity index (χ0v) is 12.5. The van der Waals surface area contributed by atoms with E-state index >= 15 is 0 Å². The number of benzene rings is 2. The molecule has 0 heterocycles. The summed E-state index contributed by atoms with van der Waals surface area (Å²) in [6.07, 6.45) is 0.0624. The fourth-order valence-corrected chi connectivity index (χ4v) is 2.26. The molecule has 0 radical (unpaired) electrons. The van der Waals surface area contributed by atoms with E-state index in [0.717, 1.165) is 8.95 Å². The Bertz CT molecular complexity index is 579. The first-order chi connectivity index (χ1) is 8.56. The number of halogens is 3. The average molecular weight is 372 g/mol. The van der Waals surface area contributed by atoms with Gasteiger partial charge in [0.25, 0.3) is 0 Å². The van der Waals surface area contributed by atoms with E-state index in [1.54, 1.807) is 36.4 Å². The minimum Gasteiger partial charge on any atom is -0.294 e. The molecular weight excluding hydrogens is 363 g/mol. The number of hydrogen-bond acceptors (Lipinski definition) is 1. The summed E-state index contributed by atoms with van der Waals surface area (Å²) in [7, 11) is 0. The van der Waals surface area contributed by atoms with Gasteiger partial charge in [-0.25, -0.2) is 4.39 Å². The van der Waals surface area contributed by atoms with Gasteiger partial charge in [-0.3, -0.25) is 4.79 Å². The van der Waals surface area contributed by atoms with Gasteiger partial charge in [0.15, 0.2) is 5.78 Å². The van der Waals surface area contributed by atoms with Crippen LogP contribution in [0.25, 0.3) is 0 Å². The van der Waals surface area contributed by atoms with Crippen molar-refractivity contribution >= 4 is 37.6 Å². The molecule has 2 rings (SSSR count). The summed E-state index contributed by atoms with van der Waals surface area (Å²) >= 11 is 6.57. The highest BCUT2D eigenvalue weighted by Gasteiger charge is 2.10. The molecule has 0 atom stereocenters. The van der Waals surface area contributed by atoms with Crippen LogP contribution in [0, 0.1) is 5.82 Å². The maximum atomic E-state index is 13.5. The maximum absolute atomic E-state index is 13.5. The van der Waals surface area contributed by atoms with Crippen molar-refractivity contribution < 1.29 is 9.18 Å². The van der Waals surface area contributed by atoms with E-state index in [1.165, 1.54) is 6.07 Å². The Morgan fingerprint density at radius 2 is 1.61 bits per heavy atom. The van der Waals surface area contributed by atoms with Crippen molar-refractivity contribution in [2.75, 3.05) is 0 Å². The highest BCUT2D eigenvalue weighted by atomic mass is 79.9. The predicted octanol–water partition coefficient (Wildman–Crippen LogP) is 4.78. The molecule has 0 aliphatic heterocycles. The lowest BCUT2D eigenvalue weighted by molar-refractivity contribution is 0.0992. The first-order valence-electron chi connectivity index (χ1n) is 5.29. The SMILES string of the molecule is O=C(Cc1cc(Br)ccc1F)c1ccc(Br)cc1. The van der Waals surface area contributed by atoms with E-state index in [4.69, 9.17) is 0 Å². The molecule has 2 aromatic rings. The van der Waals surface area contributed by atoms with Crippen LogP contribution in [0.1, 0.15) is 15.9 Å². The van der Waals surface area contributed by atoms with Crippen LogP contribution in [0.4, 0.5) is 4.39 Å². The molecule has 0 aromatic heterocycles. The number of carbonyl (C=O) groups excluding carboxylic acids is 1. The van der Waals surface area contributed by atoms with Crippen molar-refractivity contribution in [3.05, 3.63) is 68.4 Å². The molecule has 4 heteroatoms. The van der Waals surface area contributed by atoms with Gasteiger partial charge < -0.3 is 0 Å². The lowest BCUT2D eigenvalue weighted by Gasteiger charge is -2.04. The molecular formula is C14H9Br2FO. The number of hydrogen-bond donors (Lipinski definition) is 0. The van der Waals surface area contributed by atoms with Crippen molar-refractivity contribution in [3.63, 3.8) is 0 Å². The van der Waals surface area contributed by atoms with E-state index in [0.29, 0.717) is 11.1 Å². The largest absolute Gasteiger partial charge is 0.294 e. The Morgan fingerprint density at radius 1 is 1.00 bits per heavy atom. The summed E-state index contributed by atoms with van der Waals surface area (Å²) in [5, 5.41) is 0. The molecule has 0 fully saturated rings. The molecule has 1 nitrogen and oxygen atoms in total. The summed E-state index contributed by atoms with van der Waals surface area (Å²) in [5.74, 6) is -0.455. The van der Waals surface area contributed by atoms with Gasteiger partial charge >= 0.3 is 0 Å². The Labute approximate surface area is 121 Å². The molecule has 0 spiro atoms. The van der Waals surface area contributed by atoms with Crippen LogP contribution in [-0.2, 0) is 6.42 Å². The fourth-order valence-electron chi connectivity index (χ4n) is 1.59. The monoisotopic (exact) mass is 370 g/mol. The summed E-state index contributed by atoms with van der Waals surface area (Å²) in [6, 6.07) is 11.6. The predicted molar refractivity (Wildman–Crippen MR) is 76.3 cm³/mol.